The molecule has 0 saturated carbocycles. The molecular weight excluding hydrogens is 566 g/mol. The molecule has 0 aromatic heterocycles. The van der Waals surface area contributed by atoms with Crippen molar-refractivity contribution in [2.24, 2.45) is 0 Å². The van der Waals surface area contributed by atoms with Gasteiger partial charge in [0.1, 0.15) is 12.6 Å². The summed E-state index contributed by atoms with van der Waals surface area (Å²) in [7, 11) is -4.09. The summed E-state index contributed by atoms with van der Waals surface area (Å²) >= 11 is 3.41. The van der Waals surface area contributed by atoms with Gasteiger partial charge in [-0.2, -0.15) is 0 Å². The summed E-state index contributed by atoms with van der Waals surface area (Å²) in [6.45, 7) is 7.22. The normalized spacial score (nSPS) is 12.2. The van der Waals surface area contributed by atoms with E-state index in [1.54, 1.807) is 42.5 Å². The molecule has 3 rings (SSSR count). The molecule has 2 amide bonds. The SMILES string of the molecule is CC[C@@H](C(=O)NC(C)C)N(Cc1ccccc1C)C(=O)CN(c1cccc(Br)c1)S(=O)(=O)c1ccccc1. The maximum atomic E-state index is 14.0. The molecule has 0 unspecified atom stereocenters. The molecule has 0 spiro atoms. The second-order valence-electron chi connectivity index (χ2n) is 9.34. The van der Waals surface area contributed by atoms with E-state index in [1.807, 2.05) is 52.0 Å². The van der Waals surface area contributed by atoms with E-state index in [9.17, 15) is 18.0 Å². The van der Waals surface area contributed by atoms with Crippen LogP contribution in [-0.4, -0.2) is 43.8 Å². The molecule has 3 aromatic carbocycles. The smallest absolute Gasteiger partial charge is 0.264 e. The van der Waals surface area contributed by atoms with Crippen LogP contribution in [-0.2, 0) is 26.2 Å². The van der Waals surface area contributed by atoms with Crippen LogP contribution < -0.4 is 9.62 Å². The van der Waals surface area contributed by atoms with Gasteiger partial charge >= 0.3 is 0 Å². The maximum absolute atomic E-state index is 14.0. The molecule has 0 bridgehead atoms. The maximum Gasteiger partial charge on any atom is 0.264 e. The number of carbonyl (C=O) groups is 2. The number of carbonyl (C=O) groups excluding carboxylic acids is 2. The number of anilines is 1. The van der Waals surface area contributed by atoms with E-state index in [2.05, 4.69) is 21.2 Å². The van der Waals surface area contributed by atoms with E-state index in [4.69, 9.17) is 0 Å². The lowest BCUT2D eigenvalue weighted by molar-refractivity contribution is -0.140. The number of amides is 2. The van der Waals surface area contributed by atoms with E-state index < -0.39 is 28.5 Å². The number of halogens is 1. The molecule has 38 heavy (non-hydrogen) atoms. The Morgan fingerprint density at radius 3 is 2.21 bits per heavy atom. The summed E-state index contributed by atoms with van der Waals surface area (Å²) in [4.78, 5) is 28.8. The number of hydrogen-bond acceptors (Lipinski definition) is 4. The van der Waals surface area contributed by atoms with E-state index in [0.29, 0.717) is 16.6 Å². The molecule has 0 heterocycles. The molecule has 0 aliphatic carbocycles. The van der Waals surface area contributed by atoms with Gasteiger partial charge in [0.25, 0.3) is 10.0 Å². The van der Waals surface area contributed by atoms with Gasteiger partial charge in [-0.05, 0) is 68.7 Å². The predicted octanol–water partition coefficient (Wildman–Crippen LogP) is 5.28. The summed E-state index contributed by atoms with van der Waals surface area (Å²) in [5.74, 6) is -0.747. The summed E-state index contributed by atoms with van der Waals surface area (Å²) in [6.07, 6.45) is 0.374. The van der Waals surface area contributed by atoms with Gasteiger partial charge in [0, 0.05) is 17.1 Å². The Kier molecular flexibility index (Phi) is 10.1. The summed E-state index contributed by atoms with van der Waals surface area (Å²) in [5, 5.41) is 2.91. The minimum Gasteiger partial charge on any atom is -0.352 e. The lowest BCUT2D eigenvalue weighted by atomic mass is 10.1. The number of aryl methyl sites for hydroxylation is 1. The molecule has 3 aromatic rings. The summed E-state index contributed by atoms with van der Waals surface area (Å²) in [6, 6.07) is 21.6. The van der Waals surface area contributed by atoms with Crippen molar-refractivity contribution in [3.63, 3.8) is 0 Å². The fourth-order valence-corrected chi connectivity index (χ4v) is 5.97. The zero-order valence-electron chi connectivity index (χ0n) is 22.1. The van der Waals surface area contributed by atoms with E-state index >= 15 is 0 Å². The monoisotopic (exact) mass is 599 g/mol. The fourth-order valence-electron chi connectivity index (χ4n) is 4.15. The van der Waals surface area contributed by atoms with Crippen LogP contribution in [0.1, 0.15) is 38.3 Å². The Morgan fingerprint density at radius 2 is 1.61 bits per heavy atom. The molecular formula is C29H34BrN3O4S. The van der Waals surface area contributed by atoms with Crippen LogP contribution >= 0.6 is 15.9 Å². The third-order valence-electron chi connectivity index (χ3n) is 6.13. The molecule has 9 heteroatoms. The van der Waals surface area contributed by atoms with Crippen molar-refractivity contribution in [3.05, 3.63) is 94.5 Å². The van der Waals surface area contributed by atoms with Crippen LogP contribution in [0.3, 0.4) is 0 Å². The Morgan fingerprint density at radius 1 is 0.947 bits per heavy atom. The first-order valence-electron chi connectivity index (χ1n) is 12.5. The Hall–Kier alpha value is -3.17. The third-order valence-corrected chi connectivity index (χ3v) is 8.41. The number of hydrogen-bond donors (Lipinski definition) is 1. The van der Waals surface area contributed by atoms with Crippen molar-refractivity contribution in [2.45, 2.75) is 57.6 Å². The minimum atomic E-state index is -4.09. The molecule has 0 radical (unpaired) electrons. The number of nitrogens with one attached hydrogen (secondary N) is 1. The highest BCUT2D eigenvalue weighted by atomic mass is 79.9. The van der Waals surface area contributed by atoms with Crippen LogP contribution in [0.5, 0.6) is 0 Å². The van der Waals surface area contributed by atoms with Crippen LogP contribution in [0.2, 0.25) is 0 Å². The number of nitrogens with zero attached hydrogens (tertiary/aromatic N) is 2. The fraction of sp³-hybridized carbons (Fsp3) is 0.310. The predicted molar refractivity (Wildman–Crippen MR) is 154 cm³/mol. The van der Waals surface area contributed by atoms with Gasteiger partial charge in [-0.1, -0.05) is 71.4 Å². The third kappa shape index (κ3) is 7.23. The molecule has 0 saturated heterocycles. The highest BCUT2D eigenvalue weighted by Crippen LogP contribution is 2.27. The van der Waals surface area contributed by atoms with Crippen molar-refractivity contribution in [3.8, 4) is 0 Å². The highest BCUT2D eigenvalue weighted by molar-refractivity contribution is 9.10. The van der Waals surface area contributed by atoms with E-state index in [0.717, 1.165) is 15.4 Å². The topological polar surface area (TPSA) is 86.8 Å². The van der Waals surface area contributed by atoms with Crippen molar-refractivity contribution in [1.29, 1.82) is 0 Å². The largest absolute Gasteiger partial charge is 0.352 e. The van der Waals surface area contributed by atoms with Crippen LogP contribution in [0, 0.1) is 6.92 Å². The summed E-state index contributed by atoms with van der Waals surface area (Å²) < 4.78 is 29.4. The zero-order chi connectivity index (χ0) is 27.9. The molecule has 1 N–H and O–H groups in total. The minimum absolute atomic E-state index is 0.0721. The number of benzene rings is 3. The van der Waals surface area contributed by atoms with Gasteiger partial charge in [0.05, 0.1) is 10.6 Å². The Balaban J connectivity index is 2.07. The molecule has 0 fully saturated rings. The van der Waals surface area contributed by atoms with Crippen molar-refractivity contribution in [1.82, 2.24) is 10.2 Å². The Bertz CT molecular complexity index is 1360. The first kappa shape index (κ1) is 29.4. The van der Waals surface area contributed by atoms with Gasteiger partial charge < -0.3 is 10.2 Å². The van der Waals surface area contributed by atoms with Gasteiger partial charge in [-0.15, -0.1) is 0 Å². The molecule has 7 nitrogen and oxygen atoms in total. The van der Waals surface area contributed by atoms with Crippen LogP contribution in [0.15, 0.2) is 88.2 Å². The Labute approximate surface area is 234 Å². The van der Waals surface area contributed by atoms with E-state index in [-0.39, 0.29) is 23.4 Å². The van der Waals surface area contributed by atoms with Gasteiger partial charge in [0.15, 0.2) is 0 Å². The highest BCUT2D eigenvalue weighted by Gasteiger charge is 2.34. The molecule has 0 aliphatic heterocycles. The second-order valence-corrected chi connectivity index (χ2v) is 12.1. The first-order chi connectivity index (χ1) is 18.0. The van der Waals surface area contributed by atoms with Gasteiger partial charge in [-0.25, -0.2) is 8.42 Å². The lowest BCUT2D eigenvalue weighted by Gasteiger charge is -2.34. The first-order valence-corrected chi connectivity index (χ1v) is 14.8. The lowest BCUT2D eigenvalue weighted by Crippen LogP contribution is -2.53. The standard InChI is InChI=1S/C29H34BrN3O4S/c1-5-27(29(35)31-21(2)3)32(19-23-13-10-9-12-22(23)4)28(34)20-33(25-15-11-14-24(30)18-25)38(36,37)26-16-7-6-8-17-26/h6-18,21,27H,5,19-20H2,1-4H3,(H,31,35)/t27-/m0/s1. The molecule has 0 aliphatic rings. The van der Waals surface area contributed by atoms with Crippen LogP contribution in [0.25, 0.3) is 0 Å². The van der Waals surface area contributed by atoms with Crippen molar-refractivity contribution in [2.75, 3.05) is 10.8 Å². The van der Waals surface area contributed by atoms with Crippen LogP contribution in [0.4, 0.5) is 5.69 Å². The van der Waals surface area contributed by atoms with Gasteiger partial charge in [-0.3, -0.25) is 13.9 Å². The number of rotatable bonds is 11. The average Bonchev–Trinajstić information content (AvgIpc) is 2.88. The van der Waals surface area contributed by atoms with E-state index in [1.165, 1.54) is 17.0 Å². The molecule has 202 valence electrons. The quantitative estimate of drug-likeness (QED) is 0.324. The average molecular weight is 601 g/mol. The van der Waals surface area contributed by atoms with Gasteiger partial charge in [0.2, 0.25) is 11.8 Å². The summed E-state index contributed by atoms with van der Waals surface area (Å²) in [5.41, 5.74) is 2.20. The number of sulfonamides is 1. The molecule has 1 atom stereocenters. The second kappa shape index (κ2) is 13.1. The van der Waals surface area contributed by atoms with Crippen molar-refractivity contribution >= 4 is 43.5 Å². The zero-order valence-corrected chi connectivity index (χ0v) is 24.5. The van der Waals surface area contributed by atoms with Crippen molar-refractivity contribution < 1.29 is 18.0 Å².